The van der Waals surface area contributed by atoms with Gasteiger partial charge in [-0.1, -0.05) is 25.1 Å². The van der Waals surface area contributed by atoms with E-state index in [4.69, 9.17) is 5.73 Å². The van der Waals surface area contributed by atoms with Crippen LogP contribution in [-0.2, 0) is 17.4 Å². The van der Waals surface area contributed by atoms with Crippen LogP contribution in [0.3, 0.4) is 0 Å². The fourth-order valence-corrected chi connectivity index (χ4v) is 1.81. The Balaban J connectivity index is 0.00000400. The summed E-state index contributed by atoms with van der Waals surface area (Å²) in [4.78, 5) is 11.7. The third-order valence-electron chi connectivity index (χ3n) is 2.92. The Kier molecular flexibility index (Phi) is 8.36. The summed E-state index contributed by atoms with van der Waals surface area (Å²) in [5, 5.41) is 2.71. The van der Waals surface area contributed by atoms with Gasteiger partial charge in [0.2, 0.25) is 5.91 Å². The number of benzene rings is 1. The average Bonchev–Trinajstić information content (AvgIpc) is 2.38. The molecule has 1 aromatic rings. The predicted octanol–water partition coefficient (Wildman–Crippen LogP) is 2.77. The molecule has 0 aliphatic rings. The van der Waals surface area contributed by atoms with E-state index in [9.17, 15) is 18.0 Å². The predicted molar refractivity (Wildman–Crippen MR) is 78.2 cm³/mol. The third-order valence-corrected chi connectivity index (χ3v) is 2.92. The van der Waals surface area contributed by atoms with Crippen LogP contribution in [0.1, 0.15) is 24.5 Å². The lowest BCUT2D eigenvalue weighted by atomic mass is 9.98. The van der Waals surface area contributed by atoms with Gasteiger partial charge in [0, 0.05) is 12.5 Å². The first-order valence-corrected chi connectivity index (χ1v) is 6.48. The third kappa shape index (κ3) is 6.82. The van der Waals surface area contributed by atoms with Crippen molar-refractivity contribution in [2.24, 2.45) is 11.7 Å². The number of hydrogen-bond acceptors (Lipinski definition) is 2. The van der Waals surface area contributed by atoms with Crippen molar-refractivity contribution in [1.82, 2.24) is 5.32 Å². The van der Waals surface area contributed by atoms with E-state index < -0.39 is 11.7 Å². The van der Waals surface area contributed by atoms with E-state index in [1.807, 2.05) is 0 Å². The first-order chi connectivity index (χ1) is 9.34. The molecule has 1 atom stereocenters. The summed E-state index contributed by atoms with van der Waals surface area (Å²) in [5.74, 6) is -0.549. The van der Waals surface area contributed by atoms with Crippen LogP contribution in [0.15, 0.2) is 24.3 Å². The van der Waals surface area contributed by atoms with Gasteiger partial charge >= 0.3 is 6.18 Å². The quantitative estimate of drug-likeness (QED) is 0.791. The van der Waals surface area contributed by atoms with Crippen LogP contribution in [0.5, 0.6) is 0 Å². The van der Waals surface area contributed by atoms with Crippen molar-refractivity contribution in [2.75, 3.05) is 13.1 Å². The maximum atomic E-state index is 12.6. The molecule has 1 aromatic carbocycles. The van der Waals surface area contributed by atoms with Crippen molar-refractivity contribution < 1.29 is 18.0 Å². The molecule has 7 heteroatoms. The number of rotatable bonds is 6. The minimum atomic E-state index is -4.36. The van der Waals surface area contributed by atoms with E-state index in [1.54, 1.807) is 13.0 Å². The first-order valence-electron chi connectivity index (χ1n) is 6.48. The van der Waals surface area contributed by atoms with Gasteiger partial charge in [-0.05, 0) is 31.0 Å². The summed E-state index contributed by atoms with van der Waals surface area (Å²) in [7, 11) is 0. The minimum Gasteiger partial charge on any atom is -0.356 e. The molecule has 0 aromatic heterocycles. The van der Waals surface area contributed by atoms with Crippen LogP contribution in [0.25, 0.3) is 0 Å². The van der Waals surface area contributed by atoms with E-state index in [-0.39, 0.29) is 30.7 Å². The van der Waals surface area contributed by atoms with Gasteiger partial charge in [-0.3, -0.25) is 4.79 Å². The lowest BCUT2D eigenvalue weighted by Gasteiger charge is -2.13. The molecule has 0 saturated carbocycles. The topological polar surface area (TPSA) is 55.1 Å². The molecule has 1 amide bonds. The lowest BCUT2D eigenvalue weighted by Crippen LogP contribution is -2.31. The Morgan fingerprint density at radius 1 is 1.38 bits per heavy atom. The highest BCUT2D eigenvalue weighted by atomic mass is 35.5. The van der Waals surface area contributed by atoms with E-state index in [0.717, 1.165) is 12.1 Å². The van der Waals surface area contributed by atoms with Crippen molar-refractivity contribution in [1.29, 1.82) is 0 Å². The largest absolute Gasteiger partial charge is 0.416 e. The number of nitrogens with two attached hydrogens (primary N) is 1. The molecule has 0 aliphatic heterocycles. The molecule has 0 saturated heterocycles. The highest BCUT2D eigenvalue weighted by Crippen LogP contribution is 2.29. The molecule has 1 unspecified atom stereocenters. The van der Waals surface area contributed by atoms with Crippen LogP contribution in [0.4, 0.5) is 13.2 Å². The zero-order chi connectivity index (χ0) is 15.2. The number of alkyl halides is 3. The average molecular weight is 325 g/mol. The first kappa shape index (κ1) is 19.7. The monoisotopic (exact) mass is 324 g/mol. The summed E-state index contributed by atoms with van der Waals surface area (Å²) in [6.07, 6.45) is -3.40. The normalized spacial score (nSPS) is 12.4. The smallest absolute Gasteiger partial charge is 0.356 e. The van der Waals surface area contributed by atoms with Gasteiger partial charge < -0.3 is 11.1 Å². The number of hydrogen-bond donors (Lipinski definition) is 2. The Labute approximate surface area is 128 Å². The number of amides is 1. The van der Waals surface area contributed by atoms with Gasteiger partial charge in [0.25, 0.3) is 0 Å². The molecule has 1 rings (SSSR count). The van der Waals surface area contributed by atoms with Gasteiger partial charge in [-0.2, -0.15) is 13.2 Å². The Morgan fingerprint density at radius 2 is 2.05 bits per heavy atom. The molecule has 0 radical (unpaired) electrons. The zero-order valence-corrected chi connectivity index (χ0v) is 12.6. The zero-order valence-electron chi connectivity index (χ0n) is 11.7. The SMILES string of the molecule is CC(Cc1cccc(C(F)(F)F)c1)C(=O)NCCCN.Cl. The minimum absolute atomic E-state index is 0. The van der Waals surface area contributed by atoms with Gasteiger partial charge in [-0.15, -0.1) is 12.4 Å². The molecule has 3 N–H and O–H groups in total. The fraction of sp³-hybridized carbons (Fsp3) is 0.500. The summed E-state index contributed by atoms with van der Waals surface area (Å²) in [6, 6.07) is 5.06. The van der Waals surface area contributed by atoms with Crippen LogP contribution < -0.4 is 11.1 Å². The second kappa shape index (κ2) is 8.89. The van der Waals surface area contributed by atoms with E-state index in [0.29, 0.717) is 25.1 Å². The van der Waals surface area contributed by atoms with Gasteiger partial charge in [0.15, 0.2) is 0 Å². The van der Waals surface area contributed by atoms with Crippen LogP contribution in [0, 0.1) is 5.92 Å². The summed E-state index contributed by atoms with van der Waals surface area (Å²) in [5.41, 5.74) is 5.13. The molecule has 120 valence electrons. The van der Waals surface area contributed by atoms with Crippen molar-refractivity contribution >= 4 is 18.3 Å². The van der Waals surface area contributed by atoms with Gasteiger partial charge in [0.05, 0.1) is 5.56 Å². The van der Waals surface area contributed by atoms with Crippen LogP contribution in [0.2, 0.25) is 0 Å². The highest BCUT2D eigenvalue weighted by Gasteiger charge is 2.30. The molecule has 0 heterocycles. The lowest BCUT2D eigenvalue weighted by molar-refractivity contribution is -0.137. The molecular weight excluding hydrogens is 305 g/mol. The molecule has 0 spiro atoms. The maximum Gasteiger partial charge on any atom is 0.416 e. The maximum absolute atomic E-state index is 12.6. The summed E-state index contributed by atoms with van der Waals surface area (Å²) in [6.45, 7) is 2.67. The molecular formula is C14H20ClF3N2O. The van der Waals surface area contributed by atoms with E-state index in [1.165, 1.54) is 6.07 Å². The fourth-order valence-electron chi connectivity index (χ4n) is 1.81. The second-order valence-electron chi connectivity index (χ2n) is 4.74. The summed E-state index contributed by atoms with van der Waals surface area (Å²) < 4.78 is 37.7. The number of nitrogens with one attached hydrogen (secondary N) is 1. The van der Waals surface area contributed by atoms with Gasteiger partial charge in [0.1, 0.15) is 0 Å². The standard InChI is InChI=1S/C14H19F3N2O.ClH/c1-10(13(20)19-7-3-6-18)8-11-4-2-5-12(9-11)14(15,16)17;/h2,4-5,9-10H,3,6-8,18H2,1H3,(H,19,20);1H. The molecule has 21 heavy (non-hydrogen) atoms. The highest BCUT2D eigenvalue weighted by molar-refractivity contribution is 5.85. The molecule has 0 fully saturated rings. The Morgan fingerprint density at radius 3 is 2.62 bits per heavy atom. The van der Waals surface area contributed by atoms with Crippen LogP contribution in [-0.4, -0.2) is 19.0 Å². The molecule has 0 bridgehead atoms. The number of halogens is 4. The molecule has 3 nitrogen and oxygen atoms in total. The van der Waals surface area contributed by atoms with Crippen molar-refractivity contribution in [2.45, 2.75) is 25.9 Å². The van der Waals surface area contributed by atoms with E-state index >= 15 is 0 Å². The Bertz CT molecular complexity index is 452. The van der Waals surface area contributed by atoms with E-state index in [2.05, 4.69) is 5.32 Å². The molecule has 0 aliphatic carbocycles. The summed E-state index contributed by atoms with van der Waals surface area (Å²) >= 11 is 0. The second-order valence-corrected chi connectivity index (χ2v) is 4.74. The number of carbonyl (C=O) groups excluding carboxylic acids is 1. The van der Waals surface area contributed by atoms with Crippen molar-refractivity contribution in [3.05, 3.63) is 35.4 Å². The van der Waals surface area contributed by atoms with Crippen LogP contribution >= 0.6 is 12.4 Å². The Hall–Kier alpha value is -1.27. The van der Waals surface area contributed by atoms with Crippen molar-refractivity contribution in [3.63, 3.8) is 0 Å². The number of carbonyl (C=O) groups is 1. The van der Waals surface area contributed by atoms with Gasteiger partial charge in [-0.25, -0.2) is 0 Å². The van der Waals surface area contributed by atoms with Crippen molar-refractivity contribution in [3.8, 4) is 0 Å².